The van der Waals surface area contributed by atoms with Crippen molar-refractivity contribution < 1.29 is 4.74 Å². The van der Waals surface area contributed by atoms with E-state index < -0.39 is 0 Å². The molecule has 0 aromatic carbocycles. The number of nitrogens with one attached hydrogen (secondary N) is 1. The Morgan fingerprint density at radius 3 is 2.56 bits per heavy atom. The second kappa shape index (κ2) is 8.17. The van der Waals surface area contributed by atoms with Crippen LogP contribution in [-0.2, 0) is 4.74 Å². The number of halogens is 1. The molecule has 0 rings (SSSR count). The predicted molar refractivity (Wildman–Crippen MR) is 40.5 cm³/mol. The Kier molecular flexibility index (Phi) is 10.8. The van der Waals surface area contributed by atoms with Crippen LogP contribution in [0.1, 0.15) is 13.3 Å². The first-order valence-corrected chi connectivity index (χ1v) is 2.76. The summed E-state index contributed by atoms with van der Waals surface area (Å²) in [6.45, 7) is 2.78. The molecule has 0 fully saturated rings. The van der Waals surface area contributed by atoms with Gasteiger partial charge in [0.05, 0.1) is 0 Å². The maximum Gasteiger partial charge on any atom is 0.0477 e. The number of hydrogen-bond donors (Lipinski definition) is 2. The van der Waals surface area contributed by atoms with E-state index in [0.29, 0.717) is 6.04 Å². The molecule has 0 aliphatic heterocycles. The van der Waals surface area contributed by atoms with Gasteiger partial charge in [-0.15, -0.1) is 12.4 Å². The van der Waals surface area contributed by atoms with Crippen molar-refractivity contribution in [2.45, 2.75) is 19.4 Å². The summed E-state index contributed by atoms with van der Waals surface area (Å²) in [4.78, 5) is 0. The lowest BCUT2D eigenvalue weighted by Crippen LogP contribution is -2.33. The first kappa shape index (κ1) is 11.9. The first-order chi connectivity index (χ1) is 3.81. The zero-order valence-electron chi connectivity index (χ0n) is 5.89. The maximum absolute atomic E-state index is 5.11. The molecule has 58 valence electrons. The Hall–Kier alpha value is 0.170. The molecule has 3 nitrogen and oxygen atoms in total. The maximum atomic E-state index is 5.11. The smallest absolute Gasteiger partial charge is 0.0477 e. The van der Waals surface area contributed by atoms with Gasteiger partial charge in [0, 0.05) is 19.8 Å². The van der Waals surface area contributed by atoms with Gasteiger partial charge in [0.2, 0.25) is 0 Å². The summed E-state index contributed by atoms with van der Waals surface area (Å²) in [5.41, 5.74) is 2.62. The average Bonchev–Trinajstić information content (AvgIpc) is 1.83. The molecule has 0 aliphatic carbocycles. The third kappa shape index (κ3) is 8.17. The molecule has 0 radical (unpaired) electrons. The van der Waals surface area contributed by atoms with Crippen molar-refractivity contribution in [3.8, 4) is 0 Å². The largest absolute Gasteiger partial charge is 0.385 e. The molecule has 0 aromatic heterocycles. The second-order valence-corrected chi connectivity index (χ2v) is 1.85. The third-order valence-electron chi connectivity index (χ3n) is 1.04. The zero-order valence-corrected chi connectivity index (χ0v) is 6.70. The highest BCUT2D eigenvalue weighted by Gasteiger charge is 1.94. The molecule has 0 amide bonds. The van der Waals surface area contributed by atoms with Gasteiger partial charge in [0.1, 0.15) is 0 Å². The first-order valence-electron chi connectivity index (χ1n) is 2.76. The molecule has 3 N–H and O–H groups in total. The number of methoxy groups -OCH3 is 1. The normalized spacial score (nSPS) is 12.3. The van der Waals surface area contributed by atoms with Crippen molar-refractivity contribution in [2.24, 2.45) is 5.84 Å². The van der Waals surface area contributed by atoms with Gasteiger partial charge in [-0.25, -0.2) is 0 Å². The minimum atomic E-state index is 0. The molecule has 0 spiro atoms. The Balaban J connectivity index is 0. The van der Waals surface area contributed by atoms with Crippen LogP contribution in [0.5, 0.6) is 0 Å². The molecule has 0 heterocycles. The lowest BCUT2D eigenvalue weighted by atomic mass is 10.3. The number of hydrazine groups is 1. The molecular formula is C5H15ClN2O. The van der Waals surface area contributed by atoms with Gasteiger partial charge >= 0.3 is 0 Å². The van der Waals surface area contributed by atoms with Gasteiger partial charge in [-0.2, -0.15) is 0 Å². The number of rotatable bonds is 4. The van der Waals surface area contributed by atoms with Crippen molar-refractivity contribution in [2.75, 3.05) is 13.7 Å². The Morgan fingerprint density at radius 2 is 2.22 bits per heavy atom. The number of ether oxygens (including phenoxy) is 1. The summed E-state index contributed by atoms with van der Waals surface area (Å²) in [5.74, 6) is 5.11. The Labute approximate surface area is 62.3 Å². The summed E-state index contributed by atoms with van der Waals surface area (Å²) in [5, 5.41) is 0. The van der Waals surface area contributed by atoms with Crippen molar-refractivity contribution in [3.05, 3.63) is 0 Å². The van der Waals surface area contributed by atoms with Crippen LogP contribution in [-0.4, -0.2) is 19.8 Å². The van der Waals surface area contributed by atoms with E-state index in [1.165, 1.54) is 0 Å². The molecule has 0 aromatic rings. The molecule has 0 saturated heterocycles. The standard InChI is InChI=1S/C5H14N2O.ClH/c1-5(7-6)3-4-8-2;/h5,7H,3-4,6H2,1-2H3;1H. The minimum Gasteiger partial charge on any atom is -0.385 e. The van der Waals surface area contributed by atoms with E-state index in [0.717, 1.165) is 13.0 Å². The fourth-order valence-corrected chi connectivity index (χ4v) is 0.378. The van der Waals surface area contributed by atoms with Gasteiger partial charge in [0.25, 0.3) is 0 Å². The quantitative estimate of drug-likeness (QED) is 0.452. The predicted octanol–water partition coefficient (Wildman–Crippen LogP) is 0.297. The van der Waals surface area contributed by atoms with Gasteiger partial charge < -0.3 is 4.74 Å². The highest BCUT2D eigenvalue weighted by atomic mass is 35.5. The SMILES string of the molecule is COCCC(C)NN.Cl. The van der Waals surface area contributed by atoms with Crippen LogP contribution in [0.25, 0.3) is 0 Å². The summed E-state index contributed by atoms with van der Waals surface area (Å²) >= 11 is 0. The molecule has 9 heavy (non-hydrogen) atoms. The van der Waals surface area contributed by atoms with Crippen molar-refractivity contribution in [1.29, 1.82) is 0 Å². The van der Waals surface area contributed by atoms with Crippen LogP contribution < -0.4 is 11.3 Å². The second-order valence-electron chi connectivity index (χ2n) is 1.85. The topological polar surface area (TPSA) is 47.3 Å². The van der Waals surface area contributed by atoms with E-state index in [2.05, 4.69) is 5.43 Å². The van der Waals surface area contributed by atoms with Crippen LogP contribution in [0, 0.1) is 0 Å². The summed E-state index contributed by atoms with van der Waals surface area (Å²) < 4.78 is 4.82. The van der Waals surface area contributed by atoms with E-state index in [1.807, 2.05) is 6.92 Å². The van der Waals surface area contributed by atoms with E-state index in [4.69, 9.17) is 10.6 Å². The highest BCUT2D eigenvalue weighted by molar-refractivity contribution is 5.85. The fourth-order valence-electron chi connectivity index (χ4n) is 0.378. The van der Waals surface area contributed by atoms with Crippen LogP contribution in [0.3, 0.4) is 0 Å². The lowest BCUT2D eigenvalue weighted by molar-refractivity contribution is 0.185. The Bertz CT molecular complexity index is 54.2. The molecular weight excluding hydrogens is 140 g/mol. The van der Waals surface area contributed by atoms with Crippen LogP contribution in [0.2, 0.25) is 0 Å². The third-order valence-corrected chi connectivity index (χ3v) is 1.04. The molecule has 1 atom stereocenters. The zero-order chi connectivity index (χ0) is 6.41. The monoisotopic (exact) mass is 154 g/mol. The molecule has 1 unspecified atom stereocenters. The molecule has 0 bridgehead atoms. The minimum absolute atomic E-state index is 0. The van der Waals surface area contributed by atoms with Crippen LogP contribution >= 0.6 is 12.4 Å². The number of hydrogen-bond acceptors (Lipinski definition) is 3. The van der Waals surface area contributed by atoms with Gasteiger partial charge in [-0.05, 0) is 13.3 Å². The van der Waals surface area contributed by atoms with Crippen molar-refractivity contribution in [3.63, 3.8) is 0 Å². The van der Waals surface area contributed by atoms with Crippen molar-refractivity contribution in [1.82, 2.24) is 5.43 Å². The van der Waals surface area contributed by atoms with E-state index in [1.54, 1.807) is 7.11 Å². The van der Waals surface area contributed by atoms with Gasteiger partial charge in [0.15, 0.2) is 0 Å². The molecule has 4 heteroatoms. The van der Waals surface area contributed by atoms with Crippen molar-refractivity contribution >= 4 is 12.4 Å². The molecule has 0 aliphatic rings. The van der Waals surface area contributed by atoms with E-state index >= 15 is 0 Å². The molecule has 0 saturated carbocycles. The van der Waals surface area contributed by atoms with Gasteiger partial charge in [-0.3, -0.25) is 11.3 Å². The summed E-state index contributed by atoms with van der Waals surface area (Å²) in [6, 6.07) is 0.356. The summed E-state index contributed by atoms with van der Waals surface area (Å²) in [6.07, 6.45) is 0.965. The lowest BCUT2D eigenvalue weighted by Gasteiger charge is -2.06. The van der Waals surface area contributed by atoms with Crippen LogP contribution in [0.4, 0.5) is 0 Å². The van der Waals surface area contributed by atoms with Crippen LogP contribution in [0.15, 0.2) is 0 Å². The highest BCUT2D eigenvalue weighted by Crippen LogP contribution is 1.86. The van der Waals surface area contributed by atoms with E-state index in [-0.39, 0.29) is 12.4 Å². The van der Waals surface area contributed by atoms with Gasteiger partial charge in [-0.1, -0.05) is 0 Å². The number of nitrogens with two attached hydrogens (primary N) is 1. The van der Waals surface area contributed by atoms with E-state index in [9.17, 15) is 0 Å². The average molecular weight is 155 g/mol. The summed E-state index contributed by atoms with van der Waals surface area (Å²) in [7, 11) is 1.68. The fraction of sp³-hybridized carbons (Fsp3) is 1.00. The Morgan fingerprint density at radius 1 is 1.67 bits per heavy atom.